The summed E-state index contributed by atoms with van der Waals surface area (Å²) < 4.78 is 5.43. The first-order valence-corrected chi connectivity index (χ1v) is 12.3. The second-order valence-electron chi connectivity index (χ2n) is 9.17. The molecule has 1 N–H and O–H groups in total. The normalized spacial score (nSPS) is 11.4. The highest BCUT2D eigenvalue weighted by molar-refractivity contribution is 5.74. The second kappa shape index (κ2) is 12.4. The van der Waals surface area contributed by atoms with Crippen LogP contribution in [0.4, 0.5) is 0 Å². The fourth-order valence-electron chi connectivity index (χ4n) is 3.90. The molecular weight excluding hydrogens is 414 g/mol. The number of aromatic nitrogens is 3. The van der Waals surface area contributed by atoms with Crippen LogP contribution in [0.25, 0.3) is 16.7 Å². The Labute approximate surface area is 197 Å². The van der Waals surface area contributed by atoms with Crippen LogP contribution in [0.5, 0.6) is 5.75 Å². The summed E-state index contributed by atoms with van der Waals surface area (Å²) in [5.74, 6) is 0.753. The van der Waals surface area contributed by atoms with Gasteiger partial charge in [0.05, 0.1) is 6.61 Å². The molecular formula is C27H37N3O3. The van der Waals surface area contributed by atoms with Crippen molar-refractivity contribution in [3.05, 3.63) is 47.5 Å². The Bertz CT molecular complexity index is 1010. The Morgan fingerprint density at radius 1 is 1.03 bits per heavy atom. The first-order chi connectivity index (χ1) is 16.0. The van der Waals surface area contributed by atoms with Crippen LogP contribution in [0.1, 0.15) is 76.8 Å². The van der Waals surface area contributed by atoms with E-state index >= 15 is 0 Å². The Hall–Kier alpha value is -2.89. The Morgan fingerprint density at radius 2 is 1.76 bits per heavy atom. The number of aryl methyl sites for hydroxylation is 2. The van der Waals surface area contributed by atoms with Gasteiger partial charge in [0.25, 0.3) is 0 Å². The number of hydrogen-bond donors (Lipinski definition) is 1. The molecule has 0 radical (unpaired) electrons. The zero-order chi connectivity index (χ0) is 23.6. The van der Waals surface area contributed by atoms with Gasteiger partial charge < -0.3 is 9.84 Å². The summed E-state index contributed by atoms with van der Waals surface area (Å²) in [6.45, 7) is 7.08. The number of rotatable bonds is 13. The minimum atomic E-state index is -0.174. The number of ether oxygens (including phenoxy) is 1. The summed E-state index contributed by atoms with van der Waals surface area (Å²) in [6.07, 6.45) is 8.07. The highest BCUT2D eigenvalue weighted by Crippen LogP contribution is 2.30. The molecule has 1 aromatic heterocycles. The van der Waals surface area contributed by atoms with Gasteiger partial charge in [-0.25, -0.2) is 0 Å². The number of phenolic OH excluding ortho intramolecular Hbond substituents is 1. The molecule has 0 unspecified atom stereocenters. The van der Waals surface area contributed by atoms with Crippen LogP contribution in [0.15, 0.2) is 36.4 Å². The molecule has 0 fully saturated rings. The third-order valence-corrected chi connectivity index (χ3v) is 5.84. The van der Waals surface area contributed by atoms with Crippen molar-refractivity contribution >= 4 is 17.0 Å². The molecule has 6 heteroatoms. The van der Waals surface area contributed by atoms with Crippen molar-refractivity contribution in [3.8, 4) is 11.4 Å². The minimum absolute atomic E-state index is 0.174. The number of phenols is 1. The summed E-state index contributed by atoms with van der Waals surface area (Å²) in [4.78, 5) is 13.7. The van der Waals surface area contributed by atoms with E-state index in [1.807, 2.05) is 36.4 Å². The van der Waals surface area contributed by atoms with Crippen molar-refractivity contribution in [2.24, 2.45) is 5.92 Å². The fourth-order valence-corrected chi connectivity index (χ4v) is 3.90. The van der Waals surface area contributed by atoms with E-state index in [0.717, 1.165) is 60.2 Å². The topological polar surface area (TPSA) is 77.2 Å². The van der Waals surface area contributed by atoms with E-state index in [1.165, 1.54) is 17.6 Å². The van der Waals surface area contributed by atoms with Crippen molar-refractivity contribution in [2.75, 3.05) is 6.61 Å². The predicted molar refractivity (Wildman–Crippen MR) is 132 cm³/mol. The number of fused-ring (bicyclic) bond motifs is 1. The van der Waals surface area contributed by atoms with Crippen LogP contribution >= 0.6 is 0 Å². The Kier molecular flexibility index (Phi) is 9.28. The average Bonchev–Trinajstić information content (AvgIpc) is 3.23. The molecule has 0 aliphatic heterocycles. The molecule has 0 spiro atoms. The third-order valence-electron chi connectivity index (χ3n) is 5.84. The van der Waals surface area contributed by atoms with Gasteiger partial charge in [-0.15, -0.1) is 15.0 Å². The lowest BCUT2D eigenvalue weighted by molar-refractivity contribution is -0.143. The van der Waals surface area contributed by atoms with Gasteiger partial charge in [0, 0.05) is 6.42 Å². The molecule has 6 nitrogen and oxygen atoms in total. The maximum absolute atomic E-state index is 12.3. The number of nitrogens with zero attached hydrogens (tertiary/aromatic N) is 3. The maximum Gasteiger partial charge on any atom is 0.306 e. The van der Waals surface area contributed by atoms with E-state index < -0.39 is 0 Å². The maximum atomic E-state index is 12.3. The monoisotopic (exact) mass is 451 g/mol. The van der Waals surface area contributed by atoms with Crippen molar-refractivity contribution < 1.29 is 14.6 Å². The van der Waals surface area contributed by atoms with E-state index in [4.69, 9.17) is 4.74 Å². The van der Waals surface area contributed by atoms with Crippen molar-refractivity contribution in [1.29, 1.82) is 0 Å². The predicted octanol–water partition coefficient (Wildman–Crippen LogP) is 6.16. The summed E-state index contributed by atoms with van der Waals surface area (Å²) in [5.41, 5.74) is 3.94. The van der Waals surface area contributed by atoms with E-state index in [2.05, 4.69) is 31.0 Å². The standard InChI is InChI=1S/C27H37N3O3/c1-4-5-12-22-18-21(15-16-26(31)33-17-10-6-7-11-20(2)3)19-25(27(22)32)30-28-23-13-8-9-14-24(23)29-30/h8-9,13-14,18-20,32H,4-7,10-12,15-17H2,1-3H3. The van der Waals surface area contributed by atoms with Gasteiger partial charge in [0.15, 0.2) is 0 Å². The lowest BCUT2D eigenvalue weighted by Gasteiger charge is -2.12. The molecule has 0 aliphatic rings. The largest absolute Gasteiger partial charge is 0.505 e. The number of esters is 1. The van der Waals surface area contributed by atoms with Crippen molar-refractivity contribution in [3.63, 3.8) is 0 Å². The Morgan fingerprint density at radius 3 is 2.42 bits per heavy atom. The molecule has 0 saturated heterocycles. The molecule has 3 rings (SSSR count). The van der Waals surface area contributed by atoms with Gasteiger partial charge in [0.2, 0.25) is 0 Å². The number of unbranched alkanes of at least 4 members (excludes halogenated alkanes) is 3. The molecule has 178 valence electrons. The lowest BCUT2D eigenvalue weighted by atomic mass is 10.00. The summed E-state index contributed by atoms with van der Waals surface area (Å²) in [7, 11) is 0. The average molecular weight is 452 g/mol. The molecule has 0 atom stereocenters. The van der Waals surface area contributed by atoms with E-state index in [1.54, 1.807) is 0 Å². The molecule has 0 saturated carbocycles. The van der Waals surface area contributed by atoms with Crippen molar-refractivity contribution in [2.45, 2.75) is 78.6 Å². The Balaban J connectivity index is 1.66. The molecule has 2 aromatic carbocycles. The van der Waals surface area contributed by atoms with Gasteiger partial charge in [-0.3, -0.25) is 4.79 Å². The van der Waals surface area contributed by atoms with Crippen LogP contribution in [0.3, 0.4) is 0 Å². The SMILES string of the molecule is CCCCc1cc(CCC(=O)OCCCCCC(C)C)cc(-n2nc3ccccc3n2)c1O. The number of benzene rings is 2. The van der Waals surface area contributed by atoms with Gasteiger partial charge in [-0.05, 0) is 60.9 Å². The van der Waals surface area contributed by atoms with Crippen LogP contribution in [0, 0.1) is 5.92 Å². The highest BCUT2D eigenvalue weighted by Gasteiger charge is 2.15. The van der Waals surface area contributed by atoms with Gasteiger partial charge in [-0.1, -0.05) is 64.7 Å². The zero-order valence-electron chi connectivity index (χ0n) is 20.2. The minimum Gasteiger partial charge on any atom is -0.505 e. The quantitative estimate of drug-likeness (QED) is 0.249. The van der Waals surface area contributed by atoms with Crippen molar-refractivity contribution in [1.82, 2.24) is 15.0 Å². The van der Waals surface area contributed by atoms with Crippen LogP contribution in [-0.4, -0.2) is 32.7 Å². The second-order valence-corrected chi connectivity index (χ2v) is 9.17. The number of carbonyl (C=O) groups excluding carboxylic acids is 1. The summed E-state index contributed by atoms with van der Waals surface area (Å²) in [5, 5.41) is 20.0. The van der Waals surface area contributed by atoms with E-state index in [0.29, 0.717) is 25.1 Å². The molecule has 3 aromatic rings. The molecule has 33 heavy (non-hydrogen) atoms. The third kappa shape index (κ3) is 7.31. The molecule has 0 aliphatic carbocycles. The molecule has 0 bridgehead atoms. The lowest BCUT2D eigenvalue weighted by Crippen LogP contribution is -2.08. The molecule has 0 amide bonds. The van der Waals surface area contributed by atoms with Crippen LogP contribution in [0.2, 0.25) is 0 Å². The smallest absolute Gasteiger partial charge is 0.306 e. The zero-order valence-corrected chi connectivity index (χ0v) is 20.2. The first kappa shape index (κ1) is 24.7. The molecule has 1 heterocycles. The summed E-state index contributed by atoms with van der Waals surface area (Å²) >= 11 is 0. The van der Waals surface area contributed by atoms with E-state index in [9.17, 15) is 9.90 Å². The summed E-state index contributed by atoms with van der Waals surface area (Å²) in [6, 6.07) is 11.5. The van der Waals surface area contributed by atoms with Gasteiger partial charge in [-0.2, -0.15) is 0 Å². The first-order valence-electron chi connectivity index (χ1n) is 12.3. The number of aromatic hydroxyl groups is 1. The van der Waals surface area contributed by atoms with Gasteiger partial charge >= 0.3 is 5.97 Å². The van der Waals surface area contributed by atoms with Crippen LogP contribution in [-0.2, 0) is 22.4 Å². The van der Waals surface area contributed by atoms with Crippen LogP contribution < -0.4 is 0 Å². The highest BCUT2D eigenvalue weighted by atomic mass is 16.5. The van der Waals surface area contributed by atoms with E-state index in [-0.39, 0.29) is 11.7 Å². The fraction of sp³-hybridized carbons (Fsp3) is 0.519. The number of hydrogen-bond acceptors (Lipinski definition) is 5. The van der Waals surface area contributed by atoms with Gasteiger partial charge in [0.1, 0.15) is 22.5 Å². The number of carbonyl (C=O) groups is 1.